The van der Waals surface area contributed by atoms with Gasteiger partial charge in [-0.3, -0.25) is 0 Å². The zero-order valence-corrected chi connectivity index (χ0v) is 12.8. The van der Waals surface area contributed by atoms with Crippen molar-refractivity contribution in [3.8, 4) is 5.75 Å². The van der Waals surface area contributed by atoms with E-state index in [0.29, 0.717) is 0 Å². The predicted octanol–water partition coefficient (Wildman–Crippen LogP) is 5.02. The minimum absolute atomic E-state index is 1.03. The number of aryl methyl sites for hydroxylation is 1. The molecule has 0 unspecified atom stereocenters. The van der Waals surface area contributed by atoms with Crippen LogP contribution in [-0.2, 0) is 6.42 Å². The van der Waals surface area contributed by atoms with Crippen molar-refractivity contribution >= 4 is 8.32 Å². The Bertz CT molecular complexity index is 311. The molecule has 0 radical (unpaired) electrons. The van der Waals surface area contributed by atoms with Gasteiger partial charge >= 0.3 is 0 Å². The Labute approximate surface area is 107 Å². The van der Waals surface area contributed by atoms with Gasteiger partial charge in [-0.25, -0.2) is 0 Å². The lowest BCUT2D eigenvalue weighted by molar-refractivity contribution is 0.557. The van der Waals surface area contributed by atoms with Gasteiger partial charge in [0.2, 0.25) is 8.32 Å². The van der Waals surface area contributed by atoms with Gasteiger partial charge in [-0.05, 0) is 50.2 Å². The highest BCUT2D eigenvalue weighted by Gasteiger charge is 2.15. The molecule has 1 aromatic rings. The van der Waals surface area contributed by atoms with Crippen molar-refractivity contribution in [2.45, 2.75) is 58.7 Å². The normalized spacial score (nSPS) is 11.5. The largest absolute Gasteiger partial charge is 0.544 e. The maximum atomic E-state index is 5.94. The molecule has 17 heavy (non-hydrogen) atoms. The highest BCUT2D eigenvalue weighted by Crippen LogP contribution is 2.18. The van der Waals surface area contributed by atoms with Gasteiger partial charge < -0.3 is 4.43 Å². The summed E-state index contributed by atoms with van der Waals surface area (Å²) in [6.45, 7) is 8.89. The molecule has 0 aromatic heterocycles. The van der Waals surface area contributed by atoms with Gasteiger partial charge in [0, 0.05) is 0 Å². The lowest BCUT2D eigenvalue weighted by Crippen LogP contribution is -2.29. The average molecular weight is 250 g/mol. The molecule has 1 rings (SSSR count). The van der Waals surface area contributed by atoms with Crippen LogP contribution < -0.4 is 4.43 Å². The van der Waals surface area contributed by atoms with E-state index >= 15 is 0 Å². The summed E-state index contributed by atoms with van der Waals surface area (Å²) < 4.78 is 5.94. The molecule has 0 amide bonds. The van der Waals surface area contributed by atoms with E-state index in [0.717, 1.165) is 5.75 Å². The maximum absolute atomic E-state index is 5.94. The summed E-state index contributed by atoms with van der Waals surface area (Å²) in [5.41, 5.74) is 1.43. The molecule has 0 heterocycles. The van der Waals surface area contributed by atoms with Crippen LogP contribution in [0.15, 0.2) is 24.3 Å². The van der Waals surface area contributed by atoms with Crippen molar-refractivity contribution in [2.24, 2.45) is 0 Å². The van der Waals surface area contributed by atoms with Crippen LogP contribution in [0.1, 0.15) is 38.2 Å². The Morgan fingerprint density at radius 2 is 1.59 bits per heavy atom. The van der Waals surface area contributed by atoms with Crippen molar-refractivity contribution in [1.29, 1.82) is 0 Å². The molecule has 0 bridgehead atoms. The fraction of sp³-hybridized carbons (Fsp3) is 0.600. The standard InChI is InChI=1S/C15H26OSi/c1-5-6-7-8-9-14-10-12-15(13-11-14)16-17(2,3)4/h10-13H,5-9H2,1-4H3. The molecule has 1 aromatic carbocycles. The second kappa shape index (κ2) is 6.85. The highest BCUT2D eigenvalue weighted by atomic mass is 28.4. The summed E-state index contributed by atoms with van der Waals surface area (Å²) in [5, 5.41) is 0. The molecule has 0 atom stereocenters. The third-order valence-corrected chi connectivity index (χ3v) is 3.51. The summed E-state index contributed by atoms with van der Waals surface area (Å²) in [4.78, 5) is 0. The molecule has 0 aliphatic heterocycles. The summed E-state index contributed by atoms with van der Waals surface area (Å²) in [6, 6.07) is 8.66. The van der Waals surface area contributed by atoms with Crippen LogP contribution in [0.2, 0.25) is 19.6 Å². The molecule has 96 valence electrons. The number of hydrogen-bond acceptors (Lipinski definition) is 1. The monoisotopic (exact) mass is 250 g/mol. The smallest absolute Gasteiger partial charge is 0.242 e. The SMILES string of the molecule is CCCCCCc1ccc(O[Si](C)(C)C)cc1. The third-order valence-electron chi connectivity index (χ3n) is 2.67. The predicted molar refractivity (Wildman–Crippen MR) is 78.3 cm³/mol. The summed E-state index contributed by atoms with van der Waals surface area (Å²) in [6.07, 6.45) is 6.53. The Hall–Kier alpha value is -0.763. The highest BCUT2D eigenvalue weighted by molar-refractivity contribution is 6.70. The Morgan fingerprint density at radius 3 is 2.12 bits per heavy atom. The minimum Gasteiger partial charge on any atom is -0.544 e. The van der Waals surface area contributed by atoms with Crippen LogP contribution in [0.25, 0.3) is 0 Å². The molecular weight excluding hydrogens is 224 g/mol. The van der Waals surface area contributed by atoms with Crippen LogP contribution in [0.5, 0.6) is 5.75 Å². The lowest BCUT2D eigenvalue weighted by atomic mass is 10.1. The minimum atomic E-state index is -1.45. The second-order valence-electron chi connectivity index (χ2n) is 5.67. The van der Waals surface area contributed by atoms with E-state index in [1.165, 1.54) is 37.7 Å². The number of benzene rings is 1. The fourth-order valence-electron chi connectivity index (χ4n) is 1.83. The van der Waals surface area contributed by atoms with Crippen molar-refractivity contribution in [1.82, 2.24) is 0 Å². The van der Waals surface area contributed by atoms with E-state index in [2.05, 4.69) is 50.8 Å². The van der Waals surface area contributed by atoms with E-state index in [9.17, 15) is 0 Å². The third kappa shape index (κ3) is 6.52. The topological polar surface area (TPSA) is 9.23 Å². The van der Waals surface area contributed by atoms with Gasteiger partial charge in [0.25, 0.3) is 0 Å². The second-order valence-corrected chi connectivity index (χ2v) is 10.1. The van der Waals surface area contributed by atoms with Crippen LogP contribution in [0.3, 0.4) is 0 Å². The van der Waals surface area contributed by atoms with Gasteiger partial charge in [0.05, 0.1) is 0 Å². The first kappa shape index (κ1) is 14.3. The average Bonchev–Trinajstić information content (AvgIpc) is 2.25. The number of hydrogen-bond donors (Lipinski definition) is 0. The fourth-order valence-corrected chi connectivity index (χ4v) is 2.68. The summed E-state index contributed by atoms with van der Waals surface area (Å²) in [5.74, 6) is 1.03. The molecule has 0 fully saturated rings. The van der Waals surface area contributed by atoms with Crippen molar-refractivity contribution in [3.05, 3.63) is 29.8 Å². The Kier molecular flexibility index (Phi) is 5.76. The van der Waals surface area contributed by atoms with Crippen LogP contribution in [0, 0.1) is 0 Å². The van der Waals surface area contributed by atoms with Gasteiger partial charge in [-0.15, -0.1) is 0 Å². The quantitative estimate of drug-likeness (QED) is 0.487. The Balaban J connectivity index is 2.39. The van der Waals surface area contributed by atoms with E-state index in [-0.39, 0.29) is 0 Å². The molecular formula is C15H26OSi. The van der Waals surface area contributed by atoms with Crippen LogP contribution in [-0.4, -0.2) is 8.32 Å². The van der Waals surface area contributed by atoms with Gasteiger partial charge in [-0.2, -0.15) is 0 Å². The lowest BCUT2D eigenvalue weighted by Gasteiger charge is -2.19. The van der Waals surface area contributed by atoms with Gasteiger partial charge in [0.1, 0.15) is 5.75 Å². The van der Waals surface area contributed by atoms with Crippen LogP contribution >= 0.6 is 0 Å². The first-order valence-electron chi connectivity index (χ1n) is 6.79. The van der Waals surface area contributed by atoms with Gasteiger partial charge in [0.15, 0.2) is 0 Å². The zero-order chi connectivity index (χ0) is 12.7. The molecule has 0 aliphatic carbocycles. The van der Waals surface area contributed by atoms with Crippen LogP contribution in [0.4, 0.5) is 0 Å². The molecule has 0 spiro atoms. The van der Waals surface area contributed by atoms with Crippen molar-refractivity contribution in [2.75, 3.05) is 0 Å². The molecule has 1 nitrogen and oxygen atoms in total. The molecule has 0 saturated carbocycles. The molecule has 2 heteroatoms. The van der Waals surface area contributed by atoms with E-state index in [4.69, 9.17) is 4.43 Å². The van der Waals surface area contributed by atoms with Crippen molar-refractivity contribution in [3.63, 3.8) is 0 Å². The maximum Gasteiger partial charge on any atom is 0.242 e. The summed E-state index contributed by atoms with van der Waals surface area (Å²) in [7, 11) is -1.45. The van der Waals surface area contributed by atoms with E-state index in [1.807, 2.05) is 0 Å². The molecule has 0 aliphatic rings. The number of unbranched alkanes of at least 4 members (excludes halogenated alkanes) is 3. The molecule has 0 N–H and O–H groups in total. The zero-order valence-electron chi connectivity index (χ0n) is 11.8. The summed E-state index contributed by atoms with van der Waals surface area (Å²) >= 11 is 0. The Morgan fingerprint density at radius 1 is 0.941 bits per heavy atom. The first-order chi connectivity index (χ1) is 8.01. The van der Waals surface area contributed by atoms with E-state index in [1.54, 1.807) is 0 Å². The van der Waals surface area contributed by atoms with E-state index < -0.39 is 8.32 Å². The number of rotatable bonds is 7. The molecule has 0 saturated heterocycles. The van der Waals surface area contributed by atoms with Crippen molar-refractivity contribution < 1.29 is 4.43 Å². The first-order valence-corrected chi connectivity index (χ1v) is 10.2. The van der Waals surface area contributed by atoms with Gasteiger partial charge in [-0.1, -0.05) is 38.3 Å².